The summed E-state index contributed by atoms with van der Waals surface area (Å²) in [6.07, 6.45) is 8.00. The minimum atomic E-state index is 0. The number of allylic oxidation sites excluding steroid dienone is 1. The van der Waals surface area contributed by atoms with Crippen LogP contribution in [0.5, 0.6) is 0 Å². The van der Waals surface area contributed by atoms with E-state index in [1.165, 1.54) is 4.91 Å². The van der Waals surface area contributed by atoms with Gasteiger partial charge in [-0.1, -0.05) is 13.0 Å². The van der Waals surface area contributed by atoms with Gasteiger partial charge in [-0.25, -0.2) is 0 Å². The van der Waals surface area contributed by atoms with Gasteiger partial charge in [-0.2, -0.15) is 4.98 Å². The van der Waals surface area contributed by atoms with Crippen molar-refractivity contribution in [2.45, 2.75) is 31.8 Å². The smallest absolute Gasteiger partial charge is 0.266 e. The number of rotatable bonds is 4. The van der Waals surface area contributed by atoms with Crippen LogP contribution in [-0.2, 0) is 6.54 Å². The lowest BCUT2D eigenvalue weighted by molar-refractivity contribution is -0.00000432. The van der Waals surface area contributed by atoms with Crippen LogP contribution in [0.1, 0.15) is 30.3 Å². The Labute approximate surface area is 134 Å². The van der Waals surface area contributed by atoms with E-state index in [9.17, 15) is 0 Å². The molecule has 0 radical (unpaired) electrons. The molecule has 3 rings (SSSR count). The first-order valence-corrected chi connectivity index (χ1v) is 7.40. The van der Waals surface area contributed by atoms with E-state index in [-0.39, 0.29) is 12.4 Å². The van der Waals surface area contributed by atoms with Gasteiger partial charge in [0.2, 0.25) is 5.03 Å². The lowest BCUT2D eigenvalue weighted by atomic mass is 10.2. The van der Waals surface area contributed by atoms with Gasteiger partial charge in [-0.3, -0.25) is 4.98 Å². The lowest BCUT2D eigenvalue weighted by Gasteiger charge is -2.02. The van der Waals surface area contributed by atoms with Crippen LogP contribution in [-0.4, -0.2) is 15.0 Å². The Hall–Kier alpha value is -1.68. The molecule has 0 amide bonds. The van der Waals surface area contributed by atoms with E-state index in [1.807, 2.05) is 25.3 Å². The van der Waals surface area contributed by atoms with Gasteiger partial charge in [0.05, 0.1) is 12.6 Å². The van der Waals surface area contributed by atoms with Crippen LogP contribution in [0.25, 0.3) is 0 Å². The predicted octanol–water partition coefficient (Wildman–Crippen LogP) is 0.347. The number of anilines is 1. The topological polar surface area (TPSA) is 50.7 Å². The third-order valence-electron chi connectivity index (χ3n) is 2.98. The van der Waals surface area contributed by atoms with Crippen LogP contribution in [0.15, 0.2) is 34.5 Å². The highest BCUT2D eigenvalue weighted by Crippen LogP contribution is 2.39. The van der Waals surface area contributed by atoms with Crippen molar-refractivity contribution in [3.8, 4) is 0 Å². The number of hydrogen-bond donors (Lipinski definition) is 1. The van der Waals surface area contributed by atoms with Crippen LogP contribution >= 0.6 is 11.8 Å². The van der Waals surface area contributed by atoms with Gasteiger partial charge in [-0.15, -0.1) is 4.98 Å². The van der Waals surface area contributed by atoms with Crippen LogP contribution in [0.4, 0.5) is 5.82 Å². The quantitative estimate of drug-likeness (QED) is 0.651. The van der Waals surface area contributed by atoms with Crippen molar-refractivity contribution in [3.63, 3.8) is 0 Å². The fourth-order valence-corrected chi connectivity index (χ4v) is 2.95. The molecule has 0 aromatic carbocycles. The van der Waals surface area contributed by atoms with Gasteiger partial charge in [0.25, 0.3) is 11.4 Å². The molecule has 21 heavy (non-hydrogen) atoms. The minimum absolute atomic E-state index is 0. The summed E-state index contributed by atoms with van der Waals surface area (Å²) >= 11 is 1.69. The van der Waals surface area contributed by atoms with E-state index in [4.69, 9.17) is 0 Å². The Balaban J connectivity index is 0.00000161. The van der Waals surface area contributed by atoms with Gasteiger partial charge < -0.3 is 17.7 Å². The van der Waals surface area contributed by atoms with Crippen LogP contribution in [0, 0.1) is 13.0 Å². The maximum Gasteiger partial charge on any atom is 0.266 e. The molecule has 4 nitrogen and oxygen atoms in total. The number of nitrogens with one attached hydrogen (secondary N) is 1. The average molecular weight is 319 g/mol. The van der Waals surface area contributed by atoms with Gasteiger partial charge in [0.1, 0.15) is 4.91 Å². The Morgan fingerprint density at radius 3 is 2.90 bits per heavy atom. The first-order chi connectivity index (χ1) is 9.76. The van der Waals surface area contributed by atoms with Crippen molar-refractivity contribution in [1.82, 2.24) is 15.0 Å². The lowest BCUT2D eigenvalue weighted by Crippen LogP contribution is -3.00. The molecule has 1 aliphatic heterocycles. The molecular formula is C15H15ClN4S. The monoisotopic (exact) mass is 318 g/mol. The molecule has 0 atom stereocenters. The van der Waals surface area contributed by atoms with Crippen LogP contribution < -0.4 is 17.7 Å². The summed E-state index contributed by atoms with van der Waals surface area (Å²) in [5, 5.41) is 4.37. The second-order valence-corrected chi connectivity index (χ2v) is 5.60. The number of halogens is 1. The van der Waals surface area contributed by atoms with Gasteiger partial charge in [0, 0.05) is 24.2 Å². The number of nitrogens with zero attached hydrogens (tertiary/aromatic N) is 3. The molecule has 0 unspecified atom stereocenters. The number of fused-ring (bicyclic) bond motifs is 1. The van der Waals surface area contributed by atoms with Crippen molar-refractivity contribution in [2.75, 3.05) is 5.32 Å². The van der Waals surface area contributed by atoms with Crippen molar-refractivity contribution in [3.05, 3.63) is 52.5 Å². The molecule has 2 aromatic heterocycles. The number of aryl methyl sites for hydroxylation is 1. The van der Waals surface area contributed by atoms with E-state index in [0.29, 0.717) is 6.54 Å². The molecule has 0 bridgehead atoms. The summed E-state index contributed by atoms with van der Waals surface area (Å²) in [7, 11) is 0. The van der Waals surface area contributed by atoms with Crippen molar-refractivity contribution < 1.29 is 12.4 Å². The van der Waals surface area contributed by atoms with E-state index < -0.39 is 0 Å². The number of thioether (sulfide) groups is 1. The molecular weight excluding hydrogens is 304 g/mol. The fourth-order valence-electron chi connectivity index (χ4n) is 1.99. The number of pyridine rings is 1. The Morgan fingerprint density at radius 2 is 2.19 bits per heavy atom. The minimum Gasteiger partial charge on any atom is -1.00 e. The molecule has 1 N–H and O–H groups in total. The van der Waals surface area contributed by atoms with Gasteiger partial charge in [-0.05, 0) is 25.0 Å². The molecule has 1 aliphatic rings. The van der Waals surface area contributed by atoms with E-state index in [2.05, 4.69) is 33.3 Å². The third kappa shape index (κ3) is 3.50. The summed E-state index contributed by atoms with van der Waals surface area (Å²) in [4.78, 5) is 14.3. The Morgan fingerprint density at radius 1 is 1.33 bits per heavy atom. The van der Waals surface area contributed by atoms with Crippen molar-refractivity contribution in [2.24, 2.45) is 0 Å². The first-order valence-electron chi connectivity index (χ1n) is 6.58. The van der Waals surface area contributed by atoms with Crippen LogP contribution in [0.3, 0.4) is 0 Å². The summed E-state index contributed by atoms with van der Waals surface area (Å²) < 4.78 is 0. The van der Waals surface area contributed by atoms with Crippen molar-refractivity contribution in [1.29, 1.82) is 0 Å². The van der Waals surface area contributed by atoms with Crippen molar-refractivity contribution >= 4 is 17.6 Å². The predicted molar refractivity (Wildman–Crippen MR) is 80.3 cm³/mol. The van der Waals surface area contributed by atoms with E-state index in [0.717, 1.165) is 34.2 Å². The highest BCUT2D eigenvalue weighted by atomic mass is 35.5. The SMILES string of the molecule is CCC1=[C+]c2c(NCc3cccnc3)nc(C)nc2S1.[Cl-]. The molecule has 0 aliphatic carbocycles. The zero-order valence-electron chi connectivity index (χ0n) is 11.9. The summed E-state index contributed by atoms with van der Waals surface area (Å²) in [5.74, 6) is 1.64. The maximum atomic E-state index is 4.50. The normalized spacial score (nSPS) is 12.0. The van der Waals surface area contributed by atoms with E-state index >= 15 is 0 Å². The number of hydrogen-bond acceptors (Lipinski definition) is 5. The molecule has 6 heteroatoms. The number of aromatic nitrogens is 3. The van der Waals surface area contributed by atoms with Gasteiger partial charge >= 0.3 is 0 Å². The molecule has 3 heterocycles. The standard InChI is InChI=1S/C15H15N4S.ClH/c1-3-12-7-13-14(18-10(2)19-15(13)20-12)17-9-11-5-4-6-16-8-11;/h4-6,8H,3,9H2,1-2H3,(H,17,18,19);1H/q+1;/p-1. The van der Waals surface area contributed by atoms with Gasteiger partial charge in [0.15, 0.2) is 5.82 Å². The first kappa shape index (κ1) is 15.7. The average Bonchev–Trinajstić information content (AvgIpc) is 2.88. The van der Waals surface area contributed by atoms with Crippen LogP contribution in [0.2, 0.25) is 0 Å². The zero-order valence-corrected chi connectivity index (χ0v) is 13.4. The summed E-state index contributed by atoms with van der Waals surface area (Å²) in [6.45, 7) is 4.74. The largest absolute Gasteiger partial charge is 1.00 e. The molecule has 108 valence electrons. The molecule has 0 fully saturated rings. The highest BCUT2D eigenvalue weighted by Gasteiger charge is 2.30. The fraction of sp³-hybridized carbons (Fsp3) is 0.267. The molecule has 0 saturated carbocycles. The molecule has 0 spiro atoms. The summed E-state index contributed by atoms with van der Waals surface area (Å²) in [6, 6.07) is 3.98. The second kappa shape index (κ2) is 6.85. The second-order valence-electron chi connectivity index (χ2n) is 4.52. The molecule has 0 saturated heterocycles. The Kier molecular flexibility index (Phi) is 5.12. The zero-order chi connectivity index (χ0) is 13.9. The molecule has 2 aromatic rings. The summed E-state index contributed by atoms with van der Waals surface area (Å²) in [5.41, 5.74) is 2.12. The highest BCUT2D eigenvalue weighted by molar-refractivity contribution is 8.03. The third-order valence-corrected chi connectivity index (χ3v) is 4.10. The van der Waals surface area contributed by atoms with E-state index in [1.54, 1.807) is 18.0 Å². The maximum absolute atomic E-state index is 4.50. The Bertz CT molecular complexity index is 658.